The lowest BCUT2D eigenvalue weighted by atomic mass is 9.83. The zero-order valence-electron chi connectivity index (χ0n) is 16.9. The van der Waals surface area contributed by atoms with Gasteiger partial charge in [0.1, 0.15) is 10.0 Å². The van der Waals surface area contributed by atoms with Gasteiger partial charge in [-0.2, -0.15) is 0 Å². The van der Waals surface area contributed by atoms with Crippen molar-refractivity contribution in [1.82, 2.24) is 9.47 Å². The number of likely N-dealkylation sites (tertiary alicyclic amines) is 1. The van der Waals surface area contributed by atoms with Crippen molar-refractivity contribution in [3.8, 4) is 0 Å². The van der Waals surface area contributed by atoms with Crippen LogP contribution in [0.15, 0.2) is 29.1 Å². The van der Waals surface area contributed by atoms with Crippen molar-refractivity contribution < 1.29 is 22.4 Å². The maximum absolute atomic E-state index is 13.8. The lowest BCUT2D eigenvalue weighted by Crippen LogP contribution is -2.48. The van der Waals surface area contributed by atoms with E-state index in [4.69, 9.17) is 12.2 Å². The van der Waals surface area contributed by atoms with E-state index in [2.05, 4.69) is 0 Å². The number of hydrogen-bond acceptors (Lipinski definition) is 4. The van der Waals surface area contributed by atoms with Crippen LogP contribution in [0.5, 0.6) is 0 Å². The largest absolute Gasteiger partial charge is 0.356 e. The molecule has 170 valence electrons. The third kappa shape index (κ3) is 4.27. The van der Waals surface area contributed by atoms with Gasteiger partial charge in [0.25, 0.3) is 5.56 Å². The Balaban J connectivity index is 1.43. The molecule has 1 aromatic carbocycles. The molecule has 0 aliphatic carbocycles. The minimum absolute atomic E-state index is 0.0267. The zero-order valence-corrected chi connectivity index (χ0v) is 18.5. The van der Waals surface area contributed by atoms with Crippen molar-refractivity contribution in [3.05, 3.63) is 63.6 Å². The van der Waals surface area contributed by atoms with Crippen LogP contribution in [0.3, 0.4) is 0 Å². The SMILES string of the molecule is CC(SC(=S)N1CC2CC(C1)c1cccc(=O)n1C2)C(=O)Nc1c(F)c(F)cc(F)c1F. The summed E-state index contributed by atoms with van der Waals surface area (Å²) in [6, 6.07) is 5.28. The maximum Gasteiger partial charge on any atom is 0.250 e. The number of carbonyl (C=O) groups is 1. The molecular formula is C21H19F4N3O2S2. The highest BCUT2D eigenvalue weighted by Crippen LogP contribution is 2.36. The number of aromatic nitrogens is 1. The first-order valence-electron chi connectivity index (χ1n) is 9.94. The fourth-order valence-corrected chi connectivity index (χ4v) is 5.58. The van der Waals surface area contributed by atoms with Crippen molar-refractivity contribution in [2.45, 2.75) is 31.1 Å². The van der Waals surface area contributed by atoms with Crippen LogP contribution < -0.4 is 10.9 Å². The van der Waals surface area contributed by atoms with E-state index in [0.717, 1.165) is 23.9 Å². The van der Waals surface area contributed by atoms with Gasteiger partial charge in [0.2, 0.25) is 5.91 Å². The van der Waals surface area contributed by atoms with E-state index in [-0.39, 0.29) is 23.5 Å². The molecule has 2 bridgehead atoms. The summed E-state index contributed by atoms with van der Waals surface area (Å²) in [7, 11) is 0. The van der Waals surface area contributed by atoms with Crippen LogP contribution in [0.25, 0.3) is 0 Å². The molecule has 5 nitrogen and oxygen atoms in total. The van der Waals surface area contributed by atoms with Crippen LogP contribution in [0, 0.1) is 29.2 Å². The average Bonchev–Trinajstić information content (AvgIpc) is 2.75. The molecule has 0 radical (unpaired) electrons. The van der Waals surface area contributed by atoms with Crippen molar-refractivity contribution in [3.63, 3.8) is 0 Å². The smallest absolute Gasteiger partial charge is 0.250 e. The first-order chi connectivity index (χ1) is 15.2. The van der Waals surface area contributed by atoms with Crippen LogP contribution in [-0.2, 0) is 11.3 Å². The minimum atomic E-state index is -1.67. The lowest BCUT2D eigenvalue weighted by molar-refractivity contribution is -0.115. The second kappa shape index (κ2) is 8.86. The standard InChI is InChI=1S/C21H19F4N3O2S2/c1-10(20(30)26-19-17(24)13(22)6-14(23)18(19)25)32-21(31)27-7-11-5-12(9-27)15-3-2-4-16(29)28(15)8-11/h2-4,6,10-12H,5,7-9H2,1H3,(H,26,30). The van der Waals surface area contributed by atoms with Gasteiger partial charge in [-0.1, -0.05) is 30.0 Å². The first kappa shape index (κ1) is 22.8. The Morgan fingerprint density at radius 2 is 1.84 bits per heavy atom. The highest BCUT2D eigenvalue weighted by Gasteiger charge is 2.36. The number of thioether (sulfide) groups is 1. The monoisotopic (exact) mass is 485 g/mol. The molecular weight excluding hydrogens is 466 g/mol. The zero-order chi connectivity index (χ0) is 23.2. The number of hydrogen-bond donors (Lipinski definition) is 1. The van der Waals surface area contributed by atoms with Crippen LogP contribution in [0.1, 0.15) is 25.0 Å². The summed E-state index contributed by atoms with van der Waals surface area (Å²) < 4.78 is 56.7. The summed E-state index contributed by atoms with van der Waals surface area (Å²) in [5.74, 6) is -7.04. The quantitative estimate of drug-likeness (QED) is 0.407. The molecule has 1 N–H and O–H groups in total. The highest BCUT2D eigenvalue weighted by atomic mass is 32.2. The van der Waals surface area contributed by atoms with Gasteiger partial charge in [0.15, 0.2) is 23.3 Å². The van der Waals surface area contributed by atoms with Crippen molar-refractivity contribution in [2.24, 2.45) is 5.92 Å². The summed E-state index contributed by atoms with van der Waals surface area (Å²) in [5.41, 5.74) is -0.238. The Hall–Kier alpha value is -2.40. The number of thiocarbonyl (C=S) groups is 1. The van der Waals surface area contributed by atoms with Crippen LogP contribution in [0.4, 0.5) is 23.2 Å². The van der Waals surface area contributed by atoms with Crippen LogP contribution in [-0.4, -0.2) is 38.0 Å². The molecule has 0 spiro atoms. The van der Waals surface area contributed by atoms with Crippen LogP contribution in [0.2, 0.25) is 0 Å². The molecule has 2 aliphatic rings. The fraction of sp³-hybridized carbons (Fsp3) is 0.381. The van der Waals surface area contributed by atoms with E-state index >= 15 is 0 Å². The molecule has 11 heteroatoms. The Kier molecular flexibility index (Phi) is 6.30. The maximum atomic E-state index is 13.8. The fourth-order valence-electron chi connectivity index (χ4n) is 4.23. The lowest BCUT2D eigenvalue weighted by Gasteiger charge is -2.43. The molecule has 4 rings (SSSR count). The minimum Gasteiger partial charge on any atom is -0.356 e. The third-order valence-electron chi connectivity index (χ3n) is 5.74. The second-order valence-electron chi connectivity index (χ2n) is 7.96. The normalized spacial score (nSPS) is 20.5. The molecule has 3 unspecified atom stereocenters. The van der Waals surface area contributed by atoms with Gasteiger partial charge in [0.05, 0.1) is 5.25 Å². The van der Waals surface area contributed by atoms with E-state index in [1.807, 2.05) is 16.3 Å². The van der Waals surface area contributed by atoms with Gasteiger partial charge in [-0.15, -0.1) is 0 Å². The number of nitrogens with zero attached hydrogens (tertiary/aromatic N) is 2. The molecule has 1 saturated heterocycles. The van der Waals surface area contributed by atoms with E-state index in [1.165, 1.54) is 6.92 Å². The van der Waals surface area contributed by atoms with Gasteiger partial charge in [-0.25, -0.2) is 17.6 Å². The summed E-state index contributed by atoms with van der Waals surface area (Å²) >= 11 is 6.52. The van der Waals surface area contributed by atoms with Gasteiger partial charge in [-0.05, 0) is 25.3 Å². The number of pyridine rings is 1. The Morgan fingerprint density at radius 1 is 1.16 bits per heavy atom. The van der Waals surface area contributed by atoms with E-state index < -0.39 is 40.1 Å². The number of amides is 1. The van der Waals surface area contributed by atoms with Gasteiger partial charge < -0.3 is 14.8 Å². The molecule has 1 aromatic heterocycles. The Bertz CT molecular complexity index is 1130. The number of fused-ring (bicyclic) bond motifs is 4. The molecule has 1 amide bonds. The van der Waals surface area contributed by atoms with Gasteiger partial charge >= 0.3 is 0 Å². The number of benzene rings is 1. The topological polar surface area (TPSA) is 54.3 Å². The summed E-state index contributed by atoms with van der Waals surface area (Å²) in [6.45, 7) is 3.28. The van der Waals surface area contributed by atoms with Crippen LogP contribution >= 0.6 is 24.0 Å². The molecule has 2 aromatic rings. The number of anilines is 1. The number of piperidine rings is 1. The number of carbonyl (C=O) groups excluding carboxylic acids is 1. The molecule has 1 fully saturated rings. The predicted molar refractivity (Wildman–Crippen MR) is 118 cm³/mol. The van der Waals surface area contributed by atoms with E-state index in [9.17, 15) is 27.2 Å². The van der Waals surface area contributed by atoms with Gasteiger partial charge in [-0.3, -0.25) is 9.59 Å². The highest BCUT2D eigenvalue weighted by molar-refractivity contribution is 8.23. The predicted octanol–water partition coefficient (Wildman–Crippen LogP) is 3.87. The van der Waals surface area contributed by atoms with E-state index in [0.29, 0.717) is 24.0 Å². The Morgan fingerprint density at radius 3 is 2.53 bits per heavy atom. The molecule has 0 saturated carbocycles. The molecule has 3 atom stereocenters. The summed E-state index contributed by atoms with van der Waals surface area (Å²) in [6.07, 6.45) is 0.937. The molecule has 3 heterocycles. The summed E-state index contributed by atoms with van der Waals surface area (Å²) in [5, 5.41) is 1.05. The van der Waals surface area contributed by atoms with Crippen molar-refractivity contribution >= 4 is 39.9 Å². The van der Waals surface area contributed by atoms with Gasteiger partial charge in [0, 0.05) is 43.4 Å². The van der Waals surface area contributed by atoms with Crippen molar-refractivity contribution in [1.29, 1.82) is 0 Å². The Labute approximate surface area is 190 Å². The summed E-state index contributed by atoms with van der Waals surface area (Å²) in [4.78, 5) is 26.5. The second-order valence-corrected chi connectivity index (χ2v) is 9.94. The van der Waals surface area contributed by atoms with E-state index in [1.54, 1.807) is 16.7 Å². The molecule has 2 aliphatic heterocycles. The first-order valence-corrected chi connectivity index (χ1v) is 11.2. The number of nitrogens with one attached hydrogen (secondary N) is 1. The van der Waals surface area contributed by atoms with Crippen molar-refractivity contribution in [2.75, 3.05) is 18.4 Å². The number of halogens is 4. The average molecular weight is 486 g/mol. The number of rotatable bonds is 3. The molecule has 32 heavy (non-hydrogen) atoms. The third-order valence-corrected chi connectivity index (χ3v) is 7.32.